The summed E-state index contributed by atoms with van der Waals surface area (Å²) in [6.45, 7) is 0.690. The molecule has 0 unspecified atom stereocenters. The molecule has 0 spiro atoms. The van der Waals surface area contributed by atoms with E-state index in [4.69, 9.17) is 4.74 Å². The van der Waals surface area contributed by atoms with Crippen molar-refractivity contribution in [1.82, 2.24) is 0 Å². The summed E-state index contributed by atoms with van der Waals surface area (Å²) >= 11 is 0. The van der Waals surface area contributed by atoms with Gasteiger partial charge in [-0.1, -0.05) is 12.8 Å². The van der Waals surface area contributed by atoms with Crippen LogP contribution in [0.5, 0.6) is 0 Å². The third kappa shape index (κ3) is 1.99. The van der Waals surface area contributed by atoms with Crippen molar-refractivity contribution in [2.75, 3.05) is 6.61 Å². The van der Waals surface area contributed by atoms with Crippen molar-refractivity contribution >= 4 is 5.97 Å². The molecule has 0 saturated heterocycles. The van der Waals surface area contributed by atoms with Gasteiger partial charge in [-0.05, 0) is 31.6 Å². The van der Waals surface area contributed by atoms with Crippen molar-refractivity contribution in [3.63, 3.8) is 0 Å². The van der Waals surface area contributed by atoms with E-state index in [2.05, 4.69) is 0 Å². The van der Waals surface area contributed by atoms with Gasteiger partial charge in [0.05, 0.1) is 12.5 Å². The number of carbonyl (C=O) groups excluding carboxylic acids is 1. The molecule has 2 aliphatic rings. The van der Waals surface area contributed by atoms with Gasteiger partial charge in [0.25, 0.3) is 0 Å². The number of hydrogen-bond donors (Lipinski definition) is 0. The standard InChI is InChI=1S/C10H16O2/c11-10(9-5-6-9)12-7-8-3-1-2-4-8/h8-9H,1-7H2. The molecule has 68 valence electrons. The van der Waals surface area contributed by atoms with E-state index in [0.29, 0.717) is 12.5 Å². The molecule has 12 heavy (non-hydrogen) atoms. The van der Waals surface area contributed by atoms with Gasteiger partial charge in [0.1, 0.15) is 0 Å². The lowest BCUT2D eigenvalue weighted by Crippen LogP contribution is -2.12. The Kier molecular flexibility index (Phi) is 2.33. The van der Waals surface area contributed by atoms with Crippen LogP contribution in [-0.2, 0) is 9.53 Å². The lowest BCUT2D eigenvalue weighted by molar-refractivity contribution is -0.146. The van der Waals surface area contributed by atoms with Crippen LogP contribution in [0.25, 0.3) is 0 Å². The molecule has 2 rings (SSSR count). The minimum Gasteiger partial charge on any atom is -0.465 e. The summed E-state index contributed by atoms with van der Waals surface area (Å²) in [7, 11) is 0. The van der Waals surface area contributed by atoms with Crippen molar-refractivity contribution in [2.24, 2.45) is 11.8 Å². The normalized spacial score (nSPS) is 24.3. The minimum absolute atomic E-state index is 0.0573. The van der Waals surface area contributed by atoms with E-state index in [0.717, 1.165) is 12.8 Å². The minimum atomic E-state index is 0.0573. The molecular formula is C10H16O2. The quantitative estimate of drug-likeness (QED) is 0.603. The summed E-state index contributed by atoms with van der Waals surface area (Å²) < 4.78 is 5.21. The van der Waals surface area contributed by atoms with Gasteiger partial charge in [-0.3, -0.25) is 4.79 Å². The number of carbonyl (C=O) groups is 1. The monoisotopic (exact) mass is 168 g/mol. The fourth-order valence-electron chi connectivity index (χ4n) is 1.81. The van der Waals surface area contributed by atoms with Crippen LogP contribution in [0.2, 0.25) is 0 Å². The molecule has 0 N–H and O–H groups in total. The lowest BCUT2D eigenvalue weighted by Gasteiger charge is -2.08. The third-order valence-corrected chi connectivity index (χ3v) is 2.85. The van der Waals surface area contributed by atoms with Crippen LogP contribution in [0.15, 0.2) is 0 Å². The first-order valence-corrected chi connectivity index (χ1v) is 5.03. The molecule has 2 heteroatoms. The van der Waals surface area contributed by atoms with Crippen molar-refractivity contribution in [3.8, 4) is 0 Å². The maximum absolute atomic E-state index is 11.1. The first-order valence-electron chi connectivity index (χ1n) is 5.03. The Morgan fingerprint density at radius 3 is 2.42 bits per heavy atom. The van der Waals surface area contributed by atoms with Crippen molar-refractivity contribution in [2.45, 2.75) is 38.5 Å². The van der Waals surface area contributed by atoms with E-state index in [1.54, 1.807) is 0 Å². The fraction of sp³-hybridized carbons (Fsp3) is 0.900. The second-order valence-corrected chi connectivity index (χ2v) is 4.05. The fourth-order valence-corrected chi connectivity index (χ4v) is 1.81. The molecule has 0 aliphatic heterocycles. The van der Waals surface area contributed by atoms with Crippen LogP contribution in [0.3, 0.4) is 0 Å². The first kappa shape index (κ1) is 8.09. The van der Waals surface area contributed by atoms with Crippen LogP contribution < -0.4 is 0 Å². The highest BCUT2D eigenvalue weighted by molar-refractivity contribution is 5.74. The molecule has 0 amide bonds. The number of hydrogen-bond acceptors (Lipinski definition) is 2. The molecule has 2 saturated carbocycles. The van der Waals surface area contributed by atoms with Gasteiger partial charge in [0.15, 0.2) is 0 Å². The maximum Gasteiger partial charge on any atom is 0.308 e. The molecule has 0 atom stereocenters. The Morgan fingerprint density at radius 2 is 1.83 bits per heavy atom. The van der Waals surface area contributed by atoms with E-state index in [1.165, 1.54) is 25.7 Å². The van der Waals surface area contributed by atoms with Gasteiger partial charge < -0.3 is 4.74 Å². The second-order valence-electron chi connectivity index (χ2n) is 4.05. The smallest absolute Gasteiger partial charge is 0.308 e. The molecule has 0 bridgehead atoms. The predicted octanol–water partition coefficient (Wildman–Crippen LogP) is 2.13. The molecule has 2 aliphatic carbocycles. The van der Waals surface area contributed by atoms with Gasteiger partial charge in [-0.15, -0.1) is 0 Å². The molecule has 2 fully saturated rings. The predicted molar refractivity (Wildman–Crippen MR) is 45.6 cm³/mol. The van der Waals surface area contributed by atoms with Gasteiger partial charge in [-0.2, -0.15) is 0 Å². The van der Waals surface area contributed by atoms with Crippen molar-refractivity contribution in [3.05, 3.63) is 0 Å². The average molecular weight is 168 g/mol. The van der Waals surface area contributed by atoms with Crippen molar-refractivity contribution in [1.29, 1.82) is 0 Å². The zero-order chi connectivity index (χ0) is 8.39. The molecule has 0 heterocycles. The van der Waals surface area contributed by atoms with Gasteiger partial charge >= 0.3 is 5.97 Å². The highest BCUT2D eigenvalue weighted by Crippen LogP contribution is 2.31. The lowest BCUT2D eigenvalue weighted by atomic mass is 10.1. The van der Waals surface area contributed by atoms with Crippen molar-refractivity contribution < 1.29 is 9.53 Å². The maximum atomic E-state index is 11.1. The molecule has 0 radical (unpaired) electrons. The Hall–Kier alpha value is -0.530. The molecule has 0 aromatic rings. The Labute approximate surface area is 73.3 Å². The number of rotatable bonds is 3. The summed E-state index contributed by atoms with van der Waals surface area (Å²) in [6, 6.07) is 0. The Balaban J connectivity index is 1.63. The summed E-state index contributed by atoms with van der Waals surface area (Å²) in [5.41, 5.74) is 0. The van der Waals surface area contributed by atoms with E-state index in [9.17, 15) is 4.79 Å². The largest absolute Gasteiger partial charge is 0.465 e. The van der Waals surface area contributed by atoms with Gasteiger partial charge in [-0.25, -0.2) is 0 Å². The highest BCUT2D eigenvalue weighted by atomic mass is 16.5. The van der Waals surface area contributed by atoms with Crippen LogP contribution in [0, 0.1) is 11.8 Å². The molecule has 0 aromatic heterocycles. The van der Waals surface area contributed by atoms with Crippen LogP contribution in [-0.4, -0.2) is 12.6 Å². The third-order valence-electron chi connectivity index (χ3n) is 2.85. The zero-order valence-corrected chi connectivity index (χ0v) is 7.42. The van der Waals surface area contributed by atoms with Gasteiger partial charge in [0, 0.05) is 0 Å². The van der Waals surface area contributed by atoms with E-state index < -0.39 is 0 Å². The summed E-state index contributed by atoms with van der Waals surface area (Å²) in [5.74, 6) is 1.00. The Morgan fingerprint density at radius 1 is 1.17 bits per heavy atom. The highest BCUT2D eigenvalue weighted by Gasteiger charge is 2.31. The molecule has 2 nitrogen and oxygen atoms in total. The number of ether oxygens (including phenoxy) is 1. The Bertz CT molecular complexity index is 167. The summed E-state index contributed by atoms with van der Waals surface area (Å²) in [5, 5.41) is 0. The average Bonchev–Trinajstić information content (AvgIpc) is 2.80. The summed E-state index contributed by atoms with van der Waals surface area (Å²) in [4.78, 5) is 11.1. The number of esters is 1. The van der Waals surface area contributed by atoms with Crippen LogP contribution in [0.1, 0.15) is 38.5 Å². The van der Waals surface area contributed by atoms with E-state index >= 15 is 0 Å². The van der Waals surface area contributed by atoms with Gasteiger partial charge in [0.2, 0.25) is 0 Å². The summed E-state index contributed by atoms with van der Waals surface area (Å²) in [6.07, 6.45) is 7.29. The second kappa shape index (κ2) is 3.46. The van der Waals surface area contributed by atoms with Crippen LogP contribution >= 0.6 is 0 Å². The topological polar surface area (TPSA) is 26.3 Å². The van der Waals surface area contributed by atoms with Crippen LogP contribution in [0.4, 0.5) is 0 Å². The SMILES string of the molecule is O=C(OCC1CCCC1)C1CC1. The van der Waals surface area contributed by atoms with E-state index in [-0.39, 0.29) is 11.9 Å². The van der Waals surface area contributed by atoms with E-state index in [1.807, 2.05) is 0 Å². The first-order chi connectivity index (χ1) is 5.86. The molecular weight excluding hydrogens is 152 g/mol. The zero-order valence-electron chi connectivity index (χ0n) is 7.42. The molecule has 0 aromatic carbocycles.